The Bertz CT molecular complexity index is 701. The summed E-state index contributed by atoms with van der Waals surface area (Å²) in [6.45, 7) is 1.92. The van der Waals surface area contributed by atoms with Gasteiger partial charge in [0, 0.05) is 4.91 Å². The highest BCUT2D eigenvalue weighted by atomic mass is 35.5. The number of hydrogen-bond acceptors (Lipinski definition) is 4. The van der Waals surface area contributed by atoms with Crippen molar-refractivity contribution in [3.63, 3.8) is 0 Å². The molecule has 0 spiro atoms. The molecule has 0 heterocycles. The van der Waals surface area contributed by atoms with Crippen LogP contribution < -0.4 is 4.74 Å². The number of methoxy groups -OCH3 is 1. The molecule has 0 aliphatic rings. The Morgan fingerprint density at radius 3 is 2.21 bits per heavy atom. The number of hydrogen-bond donors (Lipinski definition) is 0. The Kier molecular flexibility index (Phi) is 7.39. The highest BCUT2D eigenvalue weighted by molar-refractivity contribution is 6.33. The lowest BCUT2D eigenvalue weighted by atomic mass is 10.2. The van der Waals surface area contributed by atoms with Crippen molar-refractivity contribution in [1.82, 2.24) is 0 Å². The van der Waals surface area contributed by atoms with Crippen LogP contribution in [-0.4, -0.2) is 20.3 Å². The molecule has 0 N–H and O–H groups in total. The first-order valence-corrected chi connectivity index (χ1v) is 7.72. The highest BCUT2D eigenvalue weighted by Crippen LogP contribution is 2.26. The molecule has 6 nitrogen and oxygen atoms in total. The molecular weight excluding hydrogens is 330 g/mol. The summed E-state index contributed by atoms with van der Waals surface area (Å²) in [4.78, 5) is 2.71. The SMILES string of the molecule is COc1ccc(COCCOCc2ccc(N=[N+]=[N-])c(Cl)c2)cc1. The normalized spacial score (nSPS) is 10.2. The largest absolute Gasteiger partial charge is 0.497 e. The zero-order valence-corrected chi connectivity index (χ0v) is 14.1. The smallest absolute Gasteiger partial charge is 0.118 e. The van der Waals surface area contributed by atoms with Crippen LogP contribution in [0.1, 0.15) is 11.1 Å². The second kappa shape index (κ2) is 9.80. The molecule has 0 amide bonds. The van der Waals surface area contributed by atoms with Gasteiger partial charge < -0.3 is 14.2 Å². The molecule has 0 bridgehead atoms. The molecule has 126 valence electrons. The zero-order valence-electron chi connectivity index (χ0n) is 13.3. The summed E-state index contributed by atoms with van der Waals surface area (Å²) in [7, 11) is 1.64. The number of ether oxygens (including phenoxy) is 3. The third-order valence-electron chi connectivity index (χ3n) is 3.23. The van der Waals surface area contributed by atoms with Crippen molar-refractivity contribution in [2.45, 2.75) is 13.2 Å². The minimum Gasteiger partial charge on any atom is -0.497 e. The van der Waals surface area contributed by atoms with Crippen LogP contribution in [0.4, 0.5) is 5.69 Å². The fraction of sp³-hybridized carbons (Fsp3) is 0.294. The highest BCUT2D eigenvalue weighted by Gasteiger charge is 2.01. The average Bonchev–Trinajstić information content (AvgIpc) is 2.61. The maximum absolute atomic E-state index is 8.40. The molecule has 0 aromatic heterocycles. The van der Waals surface area contributed by atoms with Gasteiger partial charge in [-0.3, -0.25) is 0 Å². The van der Waals surface area contributed by atoms with Gasteiger partial charge in [0.25, 0.3) is 0 Å². The van der Waals surface area contributed by atoms with Crippen molar-refractivity contribution in [2.75, 3.05) is 20.3 Å². The number of halogens is 1. The number of benzene rings is 2. The fourth-order valence-electron chi connectivity index (χ4n) is 1.99. The predicted octanol–water partition coefficient (Wildman–Crippen LogP) is 5.02. The van der Waals surface area contributed by atoms with Crippen LogP contribution in [0, 0.1) is 0 Å². The minimum absolute atomic E-state index is 0.407. The molecule has 2 aromatic carbocycles. The van der Waals surface area contributed by atoms with Crippen LogP contribution in [0.2, 0.25) is 5.02 Å². The monoisotopic (exact) mass is 347 g/mol. The van der Waals surface area contributed by atoms with Crippen molar-refractivity contribution < 1.29 is 14.2 Å². The molecule has 0 aliphatic heterocycles. The first kappa shape index (κ1) is 18.1. The molecule has 0 saturated carbocycles. The van der Waals surface area contributed by atoms with Gasteiger partial charge in [0.15, 0.2) is 0 Å². The summed E-state index contributed by atoms with van der Waals surface area (Å²) < 4.78 is 16.2. The fourth-order valence-corrected chi connectivity index (χ4v) is 2.23. The van der Waals surface area contributed by atoms with Crippen molar-refractivity contribution in [1.29, 1.82) is 0 Å². The van der Waals surface area contributed by atoms with E-state index in [4.69, 9.17) is 31.3 Å². The average molecular weight is 348 g/mol. The van der Waals surface area contributed by atoms with Gasteiger partial charge in [-0.05, 0) is 34.9 Å². The molecule has 2 aromatic rings. The molecule has 0 aliphatic carbocycles. The minimum atomic E-state index is 0.407. The van der Waals surface area contributed by atoms with Crippen molar-refractivity contribution >= 4 is 17.3 Å². The Labute approximate surface area is 145 Å². The molecule has 7 heteroatoms. The Morgan fingerprint density at radius 2 is 1.62 bits per heavy atom. The number of azide groups is 1. The predicted molar refractivity (Wildman–Crippen MR) is 92.6 cm³/mol. The quantitative estimate of drug-likeness (QED) is 0.276. The van der Waals surface area contributed by atoms with Gasteiger partial charge in [0.05, 0.1) is 44.2 Å². The molecule has 0 atom stereocenters. The number of rotatable bonds is 9. The van der Waals surface area contributed by atoms with E-state index >= 15 is 0 Å². The standard InChI is InChI=1S/C17H18ClN3O3/c1-22-15-5-2-13(3-6-15)11-23-8-9-24-12-14-4-7-17(20-21-19)16(18)10-14/h2-7,10H,8-9,11-12H2,1H3. The third-order valence-corrected chi connectivity index (χ3v) is 3.54. The summed E-state index contributed by atoms with van der Waals surface area (Å²) in [6, 6.07) is 12.9. The molecule has 0 saturated heterocycles. The molecular formula is C17H18ClN3O3. The Balaban J connectivity index is 1.65. The van der Waals surface area contributed by atoms with Gasteiger partial charge in [0.1, 0.15) is 5.75 Å². The van der Waals surface area contributed by atoms with E-state index < -0.39 is 0 Å². The van der Waals surface area contributed by atoms with Crippen molar-refractivity contribution in [3.8, 4) is 5.75 Å². The van der Waals surface area contributed by atoms with E-state index in [-0.39, 0.29) is 0 Å². The van der Waals surface area contributed by atoms with Gasteiger partial charge in [0.2, 0.25) is 0 Å². The molecule has 2 rings (SSSR count). The van der Waals surface area contributed by atoms with E-state index in [9.17, 15) is 0 Å². The van der Waals surface area contributed by atoms with E-state index in [1.165, 1.54) is 0 Å². The lowest BCUT2D eigenvalue weighted by molar-refractivity contribution is 0.0339. The first-order chi connectivity index (χ1) is 11.7. The first-order valence-electron chi connectivity index (χ1n) is 7.35. The molecule has 0 fully saturated rings. The summed E-state index contributed by atoms with van der Waals surface area (Å²) in [5.41, 5.74) is 10.8. The maximum atomic E-state index is 8.40. The molecule has 0 radical (unpaired) electrons. The van der Waals surface area contributed by atoms with Gasteiger partial charge in [-0.1, -0.05) is 41.0 Å². The number of nitrogens with zero attached hydrogens (tertiary/aromatic N) is 3. The van der Waals surface area contributed by atoms with Crippen LogP contribution in [0.3, 0.4) is 0 Å². The second-order valence-electron chi connectivity index (χ2n) is 4.93. The van der Waals surface area contributed by atoms with Crippen LogP contribution >= 0.6 is 11.6 Å². The zero-order chi connectivity index (χ0) is 17.2. The van der Waals surface area contributed by atoms with Crippen molar-refractivity contribution in [2.24, 2.45) is 5.11 Å². The Morgan fingerprint density at radius 1 is 1.00 bits per heavy atom. The molecule has 24 heavy (non-hydrogen) atoms. The van der Waals surface area contributed by atoms with Crippen molar-refractivity contribution in [3.05, 3.63) is 69.1 Å². The van der Waals surface area contributed by atoms with E-state index in [0.29, 0.717) is 37.1 Å². The lowest BCUT2D eigenvalue weighted by Gasteiger charge is -2.07. The molecule has 0 unspecified atom stereocenters. The summed E-state index contributed by atoms with van der Waals surface area (Å²) in [5.74, 6) is 0.826. The van der Waals surface area contributed by atoms with Gasteiger partial charge in [-0.25, -0.2) is 0 Å². The van der Waals surface area contributed by atoms with Crippen LogP contribution in [0.15, 0.2) is 47.6 Å². The summed E-state index contributed by atoms with van der Waals surface area (Å²) in [5, 5.41) is 3.89. The summed E-state index contributed by atoms with van der Waals surface area (Å²) >= 11 is 6.01. The van der Waals surface area contributed by atoms with Gasteiger partial charge >= 0.3 is 0 Å². The van der Waals surface area contributed by atoms with E-state index in [1.54, 1.807) is 19.2 Å². The van der Waals surface area contributed by atoms with Crippen LogP contribution in [0.5, 0.6) is 5.75 Å². The third kappa shape index (κ3) is 5.76. The maximum Gasteiger partial charge on any atom is 0.118 e. The topological polar surface area (TPSA) is 76.5 Å². The van der Waals surface area contributed by atoms with Gasteiger partial charge in [-0.15, -0.1) is 0 Å². The van der Waals surface area contributed by atoms with Crippen LogP contribution in [-0.2, 0) is 22.7 Å². The van der Waals surface area contributed by atoms with E-state index in [1.807, 2.05) is 30.3 Å². The van der Waals surface area contributed by atoms with Gasteiger partial charge in [-0.2, -0.15) is 0 Å². The lowest BCUT2D eigenvalue weighted by Crippen LogP contribution is -2.04. The van der Waals surface area contributed by atoms with Crippen LogP contribution in [0.25, 0.3) is 10.4 Å². The Hall–Kier alpha value is -2.24. The summed E-state index contributed by atoms with van der Waals surface area (Å²) in [6.07, 6.45) is 0. The van der Waals surface area contributed by atoms with E-state index in [0.717, 1.165) is 16.9 Å². The second-order valence-corrected chi connectivity index (χ2v) is 5.34. The van der Waals surface area contributed by atoms with E-state index in [2.05, 4.69) is 10.0 Å².